The molecule has 25 heavy (non-hydrogen) atoms. The monoisotopic (exact) mass is 359 g/mol. The Labute approximate surface area is 152 Å². The quantitative estimate of drug-likeness (QED) is 0.792. The van der Waals surface area contributed by atoms with E-state index in [0.717, 1.165) is 30.7 Å². The van der Waals surface area contributed by atoms with E-state index in [9.17, 15) is 5.11 Å². The Morgan fingerprint density at radius 3 is 2.92 bits per heavy atom. The van der Waals surface area contributed by atoms with Gasteiger partial charge in [0.15, 0.2) is 11.5 Å². The molecular formula is C20H22ClNO3. The number of anilines is 1. The average Bonchev–Trinajstić information content (AvgIpc) is 2.63. The van der Waals surface area contributed by atoms with Gasteiger partial charge in [0.25, 0.3) is 0 Å². The summed E-state index contributed by atoms with van der Waals surface area (Å²) in [4.78, 5) is 0. The van der Waals surface area contributed by atoms with E-state index in [1.54, 1.807) is 0 Å². The van der Waals surface area contributed by atoms with E-state index >= 15 is 0 Å². The summed E-state index contributed by atoms with van der Waals surface area (Å²) in [5.41, 5.74) is 4.58. The van der Waals surface area contributed by atoms with Gasteiger partial charge in [-0.25, -0.2) is 0 Å². The van der Waals surface area contributed by atoms with Crippen LogP contribution in [0.2, 0.25) is 5.02 Å². The third-order valence-electron chi connectivity index (χ3n) is 5.25. The topological polar surface area (TPSA) is 50.7 Å². The third-order valence-corrected chi connectivity index (χ3v) is 5.54. The van der Waals surface area contributed by atoms with Crippen molar-refractivity contribution >= 4 is 17.3 Å². The van der Waals surface area contributed by atoms with Crippen LogP contribution in [0.25, 0.3) is 0 Å². The molecular weight excluding hydrogens is 338 g/mol. The minimum Gasteiger partial charge on any atom is -0.503 e. The summed E-state index contributed by atoms with van der Waals surface area (Å²) in [5, 5.41) is 14.0. The van der Waals surface area contributed by atoms with Gasteiger partial charge in [0.1, 0.15) is 0 Å². The first kappa shape index (κ1) is 16.6. The van der Waals surface area contributed by atoms with Crippen molar-refractivity contribution in [2.24, 2.45) is 5.92 Å². The standard InChI is InChI=1S/C20H22ClNO3/c1-11-5-6-16-14(8-11)20-13(4-3-7-25-20)18(22-16)12-9-15(21)19(23)17(10-12)24-2/h5-6,8-10,13,18,20,22-23H,3-4,7H2,1-2H3/t13-,18-,20-/m0/s1. The summed E-state index contributed by atoms with van der Waals surface area (Å²) in [6.45, 7) is 2.90. The number of phenols is 1. The molecule has 2 aliphatic rings. The van der Waals surface area contributed by atoms with E-state index in [-0.39, 0.29) is 17.9 Å². The Hall–Kier alpha value is -1.91. The van der Waals surface area contributed by atoms with Crippen molar-refractivity contribution in [2.45, 2.75) is 31.9 Å². The first-order valence-corrected chi connectivity index (χ1v) is 9.01. The molecule has 4 rings (SSSR count). The van der Waals surface area contributed by atoms with Gasteiger partial charge in [-0.15, -0.1) is 0 Å². The predicted molar refractivity (Wildman–Crippen MR) is 98.6 cm³/mol. The van der Waals surface area contributed by atoms with Crippen LogP contribution >= 0.6 is 11.6 Å². The molecule has 0 amide bonds. The summed E-state index contributed by atoms with van der Waals surface area (Å²) < 4.78 is 11.5. The maximum atomic E-state index is 10.0. The molecule has 3 atom stereocenters. The average molecular weight is 360 g/mol. The highest BCUT2D eigenvalue weighted by atomic mass is 35.5. The number of halogens is 1. The van der Waals surface area contributed by atoms with Crippen molar-refractivity contribution < 1.29 is 14.6 Å². The molecule has 0 radical (unpaired) electrons. The minimum atomic E-state index is -0.0174. The van der Waals surface area contributed by atoms with E-state index < -0.39 is 0 Å². The van der Waals surface area contributed by atoms with Crippen molar-refractivity contribution in [1.29, 1.82) is 0 Å². The Kier molecular flexibility index (Phi) is 4.26. The molecule has 1 fully saturated rings. The Morgan fingerprint density at radius 1 is 1.28 bits per heavy atom. The maximum absolute atomic E-state index is 10.0. The van der Waals surface area contributed by atoms with Gasteiger partial charge in [-0.05, 0) is 43.5 Å². The third kappa shape index (κ3) is 2.83. The van der Waals surface area contributed by atoms with Gasteiger partial charge in [0, 0.05) is 23.8 Å². The van der Waals surface area contributed by atoms with E-state index in [1.165, 1.54) is 18.2 Å². The molecule has 0 aromatic heterocycles. The van der Waals surface area contributed by atoms with Crippen molar-refractivity contribution in [3.8, 4) is 11.5 Å². The maximum Gasteiger partial charge on any atom is 0.176 e. The van der Waals surface area contributed by atoms with E-state index in [2.05, 4.69) is 30.4 Å². The number of hydrogen-bond donors (Lipinski definition) is 2. The Balaban J connectivity index is 1.80. The van der Waals surface area contributed by atoms with Gasteiger partial charge in [-0.3, -0.25) is 0 Å². The smallest absolute Gasteiger partial charge is 0.176 e. The first-order chi connectivity index (χ1) is 12.1. The highest BCUT2D eigenvalue weighted by molar-refractivity contribution is 6.32. The highest BCUT2D eigenvalue weighted by Crippen LogP contribution is 2.50. The molecule has 2 aromatic rings. The van der Waals surface area contributed by atoms with Crippen molar-refractivity contribution in [3.05, 3.63) is 52.0 Å². The van der Waals surface area contributed by atoms with E-state index in [1.807, 2.05) is 12.1 Å². The van der Waals surface area contributed by atoms with Crippen molar-refractivity contribution in [2.75, 3.05) is 19.0 Å². The van der Waals surface area contributed by atoms with Crippen LogP contribution in [0.5, 0.6) is 11.5 Å². The molecule has 2 aromatic carbocycles. The molecule has 0 bridgehead atoms. The molecule has 2 aliphatic heterocycles. The molecule has 0 spiro atoms. The van der Waals surface area contributed by atoms with Crippen LogP contribution in [0.3, 0.4) is 0 Å². The summed E-state index contributed by atoms with van der Waals surface area (Å²) in [5.74, 6) is 0.692. The lowest BCUT2D eigenvalue weighted by Gasteiger charge is -2.43. The zero-order valence-corrected chi connectivity index (χ0v) is 15.1. The number of methoxy groups -OCH3 is 1. The van der Waals surface area contributed by atoms with Gasteiger partial charge in [-0.2, -0.15) is 0 Å². The molecule has 2 N–H and O–H groups in total. The lowest BCUT2D eigenvalue weighted by molar-refractivity contribution is -0.0381. The Bertz CT molecular complexity index is 808. The number of fused-ring (bicyclic) bond motifs is 3. The van der Waals surface area contributed by atoms with Gasteiger partial charge in [0.05, 0.1) is 24.3 Å². The van der Waals surface area contributed by atoms with Crippen LogP contribution in [0.1, 0.15) is 41.7 Å². The van der Waals surface area contributed by atoms with Gasteiger partial charge < -0.3 is 19.9 Å². The lowest BCUT2D eigenvalue weighted by atomic mass is 9.77. The number of nitrogens with one attached hydrogen (secondary N) is 1. The van der Waals surface area contributed by atoms with Crippen LogP contribution in [-0.4, -0.2) is 18.8 Å². The van der Waals surface area contributed by atoms with Crippen LogP contribution in [0.4, 0.5) is 5.69 Å². The van der Waals surface area contributed by atoms with Crippen molar-refractivity contribution in [3.63, 3.8) is 0 Å². The van der Waals surface area contributed by atoms with Crippen LogP contribution in [-0.2, 0) is 4.74 Å². The van der Waals surface area contributed by atoms with E-state index in [0.29, 0.717) is 16.7 Å². The second kappa shape index (κ2) is 6.43. The van der Waals surface area contributed by atoms with Gasteiger partial charge in [0.2, 0.25) is 0 Å². The largest absolute Gasteiger partial charge is 0.503 e. The molecule has 132 valence electrons. The minimum absolute atomic E-state index is 0.0174. The fraction of sp³-hybridized carbons (Fsp3) is 0.400. The molecule has 1 saturated heterocycles. The SMILES string of the molecule is COc1cc([C@@H]2Nc3ccc(C)cc3[C@H]3OCCC[C@H]32)cc(Cl)c1O. The number of ether oxygens (including phenoxy) is 2. The molecule has 0 saturated carbocycles. The number of rotatable bonds is 2. The summed E-state index contributed by atoms with van der Waals surface area (Å²) in [7, 11) is 1.54. The second-order valence-corrected chi connectivity index (χ2v) is 7.27. The zero-order valence-electron chi connectivity index (χ0n) is 14.4. The number of hydrogen-bond acceptors (Lipinski definition) is 4. The number of aromatic hydroxyl groups is 1. The molecule has 0 aliphatic carbocycles. The summed E-state index contributed by atoms with van der Waals surface area (Å²) in [6, 6.07) is 10.2. The van der Waals surface area contributed by atoms with Gasteiger partial charge >= 0.3 is 0 Å². The normalized spacial score (nSPS) is 24.8. The fourth-order valence-corrected chi connectivity index (χ4v) is 4.27. The summed E-state index contributed by atoms with van der Waals surface area (Å²) in [6.07, 6.45) is 2.20. The first-order valence-electron chi connectivity index (χ1n) is 8.63. The number of aryl methyl sites for hydroxylation is 1. The number of phenolic OH excluding ortho intramolecular Hbond substituents is 1. The zero-order chi connectivity index (χ0) is 17.6. The predicted octanol–water partition coefficient (Wildman–Crippen LogP) is 5.00. The van der Waals surface area contributed by atoms with Gasteiger partial charge in [-0.1, -0.05) is 29.3 Å². The van der Waals surface area contributed by atoms with E-state index in [4.69, 9.17) is 21.1 Å². The molecule has 0 unspecified atom stereocenters. The fourth-order valence-electron chi connectivity index (χ4n) is 4.05. The van der Waals surface area contributed by atoms with Crippen LogP contribution in [0.15, 0.2) is 30.3 Å². The summed E-state index contributed by atoms with van der Waals surface area (Å²) >= 11 is 6.22. The van der Waals surface area contributed by atoms with Crippen molar-refractivity contribution in [1.82, 2.24) is 0 Å². The lowest BCUT2D eigenvalue weighted by Crippen LogP contribution is -2.36. The molecule has 4 nitrogen and oxygen atoms in total. The highest BCUT2D eigenvalue weighted by Gasteiger charge is 2.40. The van der Waals surface area contributed by atoms with Crippen LogP contribution < -0.4 is 10.1 Å². The Morgan fingerprint density at radius 2 is 2.12 bits per heavy atom. The van der Waals surface area contributed by atoms with Crippen LogP contribution in [0, 0.1) is 12.8 Å². The number of benzene rings is 2. The molecule has 5 heteroatoms. The second-order valence-electron chi connectivity index (χ2n) is 6.86. The molecule has 2 heterocycles.